The molecule has 0 saturated heterocycles. The lowest BCUT2D eigenvalue weighted by atomic mass is 9.93. The summed E-state index contributed by atoms with van der Waals surface area (Å²) in [6.45, 7) is 7.85. The monoisotopic (exact) mass is 401 g/mol. The Morgan fingerprint density at radius 2 is 1.86 bits per heavy atom. The zero-order valence-corrected chi connectivity index (χ0v) is 17.6. The molecular formula is C20H23N3O4S. The number of rotatable bonds is 5. The molecule has 0 aliphatic carbocycles. The Kier molecular flexibility index (Phi) is 5.42. The van der Waals surface area contributed by atoms with Crippen molar-refractivity contribution in [3.8, 4) is 22.1 Å². The molecule has 0 spiro atoms. The molecule has 0 bridgehead atoms. The lowest BCUT2D eigenvalue weighted by Gasteiger charge is -2.11. The van der Waals surface area contributed by atoms with Gasteiger partial charge in [-0.05, 0) is 25.1 Å². The molecule has 2 aromatic heterocycles. The SMILES string of the molecule is COc1ccc(-c2nc(C)c(C(=O)Nc3cc(C(C)(C)C)on3)s2)cc1OC. The van der Waals surface area contributed by atoms with Crippen molar-refractivity contribution in [2.45, 2.75) is 33.1 Å². The highest BCUT2D eigenvalue weighted by Crippen LogP contribution is 2.35. The smallest absolute Gasteiger partial charge is 0.268 e. The van der Waals surface area contributed by atoms with Crippen molar-refractivity contribution in [2.24, 2.45) is 0 Å². The number of aromatic nitrogens is 2. The minimum absolute atomic E-state index is 0.184. The minimum atomic E-state index is -0.268. The van der Waals surface area contributed by atoms with Crippen LogP contribution in [0.15, 0.2) is 28.8 Å². The average Bonchev–Trinajstić information content (AvgIpc) is 3.27. The number of carbonyl (C=O) groups is 1. The third-order valence-electron chi connectivity index (χ3n) is 4.12. The van der Waals surface area contributed by atoms with E-state index >= 15 is 0 Å². The van der Waals surface area contributed by atoms with Gasteiger partial charge >= 0.3 is 0 Å². The van der Waals surface area contributed by atoms with Crippen LogP contribution < -0.4 is 14.8 Å². The molecule has 1 N–H and O–H groups in total. The van der Waals surface area contributed by atoms with Crippen molar-refractivity contribution in [3.05, 3.63) is 40.6 Å². The maximum atomic E-state index is 12.7. The van der Waals surface area contributed by atoms with Crippen molar-refractivity contribution in [1.82, 2.24) is 10.1 Å². The van der Waals surface area contributed by atoms with Crippen LogP contribution in [0.4, 0.5) is 5.82 Å². The third kappa shape index (κ3) is 4.01. The van der Waals surface area contributed by atoms with Crippen LogP contribution in [0.25, 0.3) is 10.6 Å². The number of benzene rings is 1. The highest BCUT2D eigenvalue weighted by molar-refractivity contribution is 7.17. The Balaban J connectivity index is 1.84. The Morgan fingerprint density at radius 1 is 1.14 bits per heavy atom. The largest absolute Gasteiger partial charge is 0.493 e. The fourth-order valence-electron chi connectivity index (χ4n) is 2.56. The molecule has 0 radical (unpaired) electrons. The van der Waals surface area contributed by atoms with E-state index in [4.69, 9.17) is 14.0 Å². The zero-order valence-electron chi connectivity index (χ0n) is 16.7. The van der Waals surface area contributed by atoms with Crippen molar-refractivity contribution >= 4 is 23.1 Å². The van der Waals surface area contributed by atoms with E-state index in [0.717, 1.165) is 10.6 Å². The summed E-state index contributed by atoms with van der Waals surface area (Å²) in [6, 6.07) is 7.28. The number of ether oxygens (including phenoxy) is 2. The van der Waals surface area contributed by atoms with Crippen LogP contribution in [0.5, 0.6) is 11.5 Å². The van der Waals surface area contributed by atoms with Crippen molar-refractivity contribution in [1.29, 1.82) is 0 Å². The Hall–Kier alpha value is -2.87. The molecule has 8 heteroatoms. The first-order valence-electron chi connectivity index (χ1n) is 8.71. The summed E-state index contributed by atoms with van der Waals surface area (Å²) in [6.07, 6.45) is 0. The molecule has 0 aliphatic heterocycles. The maximum absolute atomic E-state index is 12.7. The zero-order chi connectivity index (χ0) is 20.5. The van der Waals surface area contributed by atoms with Gasteiger partial charge in [0.2, 0.25) is 0 Å². The lowest BCUT2D eigenvalue weighted by molar-refractivity contribution is 0.102. The lowest BCUT2D eigenvalue weighted by Crippen LogP contribution is -2.12. The van der Waals surface area contributed by atoms with E-state index in [9.17, 15) is 4.79 Å². The van der Waals surface area contributed by atoms with Crippen LogP contribution in [-0.2, 0) is 5.41 Å². The Labute approximate surface area is 167 Å². The number of carbonyl (C=O) groups excluding carboxylic acids is 1. The number of anilines is 1. The quantitative estimate of drug-likeness (QED) is 0.668. The fraction of sp³-hybridized carbons (Fsp3) is 0.350. The van der Waals surface area contributed by atoms with Crippen LogP contribution in [0.1, 0.15) is 41.9 Å². The summed E-state index contributed by atoms with van der Waals surface area (Å²) in [7, 11) is 3.17. The first-order chi connectivity index (χ1) is 13.2. The number of hydrogen-bond donors (Lipinski definition) is 1. The van der Waals surface area contributed by atoms with Crippen LogP contribution in [0, 0.1) is 6.92 Å². The van der Waals surface area contributed by atoms with E-state index in [-0.39, 0.29) is 11.3 Å². The third-order valence-corrected chi connectivity index (χ3v) is 5.33. The molecule has 0 atom stereocenters. The van der Waals surface area contributed by atoms with Gasteiger partial charge in [0.25, 0.3) is 5.91 Å². The molecule has 0 aliphatic rings. The molecule has 148 valence electrons. The molecule has 0 unspecified atom stereocenters. The fourth-order valence-corrected chi connectivity index (χ4v) is 3.52. The molecule has 3 rings (SSSR count). The molecule has 1 amide bonds. The topological polar surface area (TPSA) is 86.5 Å². The van der Waals surface area contributed by atoms with Crippen molar-refractivity contribution < 1.29 is 18.8 Å². The summed E-state index contributed by atoms with van der Waals surface area (Å²) in [4.78, 5) is 17.8. The van der Waals surface area contributed by atoms with Crippen LogP contribution >= 0.6 is 11.3 Å². The average molecular weight is 401 g/mol. The predicted octanol–water partition coefficient (Wildman–Crippen LogP) is 4.67. The van der Waals surface area contributed by atoms with Crippen molar-refractivity contribution in [2.75, 3.05) is 19.5 Å². The van der Waals surface area contributed by atoms with Gasteiger partial charge in [0.15, 0.2) is 17.3 Å². The van der Waals surface area contributed by atoms with Crippen LogP contribution in [0.3, 0.4) is 0 Å². The standard InChI is InChI=1S/C20H23N3O4S/c1-11-17(18(24)22-16-10-15(27-23-16)20(2,3)4)28-19(21-11)12-7-8-13(25-5)14(9-12)26-6/h7-10H,1-6H3,(H,22,23,24). The number of methoxy groups -OCH3 is 2. The number of hydrogen-bond acceptors (Lipinski definition) is 7. The van der Waals surface area contributed by atoms with Gasteiger partial charge in [0.05, 0.1) is 19.9 Å². The van der Waals surface area contributed by atoms with Crippen LogP contribution in [0.2, 0.25) is 0 Å². The number of amides is 1. The van der Waals surface area contributed by atoms with E-state index in [1.54, 1.807) is 27.2 Å². The van der Waals surface area contributed by atoms with E-state index in [1.807, 2.05) is 39.0 Å². The predicted molar refractivity (Wildman–Crippen MR) is 109 cm³/mol. The Bertz CT molecular complexity index is 1000. The van der Waals surface area contributed by atoms with Gasteiger partial charge in [-0.2, -0.15) is 0 Å². The first kappa shape index (κ1) is 19.9. The molecule has 0 saturated carbocycles. The molecule has 7 nitrogen and oxygen atoms in total. The van der Waals surface area contributed by atoms with Gasteiger partial charge in [-0.25, -0.2) is 4.98 Å². The van der Waals surface area contributed by atoms with Gasteiger partial charge in [-0.1, -0.05) is 25.9 Å². The molecule has 1 aromatic carbocycles. The van der Waals surface area contributed by atoms with E-state index in [1.165, 1.54) is 11.3 Å². The summed E-state index contributed by atoms with van der Waals surface area (Å²) in [5.41, 5.74) is 1.31. The molecule has 2 heterocycles. The minimum Gasteiger partial charge on any atom is -0.493 e. The number of thiazole rings is 1. The molecule has 28 heavy (non-hydrogen) atoms. The summed E-state index contributed by atoms with van der Waals surface area (Å²) in [5.74, 6) is 2.06. The highest BCUT2D eigenvalue weighted by atomic mass is 32.1. The van der Waals surface area contributed by atoms with Crippen molar-refractivity contribution in [3.63, 3.8) is 0 Å². The van der Waals surface area contributed by atoms with Gasteiger partial charge in [-0.3, -0.25) is 4.79 Å². The second-order valence-corrected chi connectivity index (χ2v) is 8.28. The van der Waals surface area contributed by atoms with Crippen LogP contribution in [-0.4, -0.2) is 30.3 Å². The van der Waals surface area contributed by atoms with E-state index < -0.39 is 0 Å². The first-order valence-corrected chi connectivity index (χ1v) is 9.53. The number of aryl methyl sites for hydroxylation is 1. The molecule has 0 fully saturated rings. The summed E-state index contributed by atoms with van der Waals surface area (Å²) >= 11 is 1.31. The van der Waals surface area contributed by atoms with Gasteiger partial charge in [0.1, 0.15) is 15.6 Å². The van der Waals surface area contributed by atoms with Gasteiger partial charge < -0.3 is 19.3 Å². The molecular weight excluding hydrogens is 378 g/mol. The number of nitrogens with one attached hydrogen (secondary N) is 1. The number of nitrogens with zero attached hydrogens (tertiary/aromatic N) is 2. The second kappa shape index (κ2) is 7.63. The Morgan fingerprint density at radius 3 is 2.46 bits per heavy atom. The normalized spacial score (nSPS) is 11.4. The maximum Gasteiger partial charge on any atom is 0.268 e. The second-order valence-electron chi connectivity index (χ2n) is 7.28. The highest BCUT2D eigenvalue weighted by Gasteiger charge is 2.22. The van der Waals surface area contributed by atoms with Gasteiger partial charge in [-0.15, -0.1) is 11.3 Å². The molecule has 3 aromatic rings. The van der Waals surface area contributed by atoms with Gasteiger partial charge in [0, 0.05) is 17.0 Å². The summed E-state index contributed by atoms with van der Waals surface area (Å²) in [5, 5.41) is 7.43. The van der Waals surface area contributed by atoms with E-state index in [2.05, 4.69) is 15.5 Å². The summed E-state index contributed by atoms with van der Waals surface area (Å²) < 4.78 is 15.9. The van der Waals surface area contributed by atoms with E-state index in [0.29, 0.717) is 33.6 Å².